The number of hydrogen-bond acceptors (Lipinski definition) is 2. The lowest BCUT2D eigenvalue weighted by Gasteiger charge is -2.24. The van der Waals surface area contributed by atoms with Gasteiger partial charge in [0, 0.05) is 28.5 Å². The van der Waals surface area contributed by atoms with E-state index in [0.717, 1.165) is 40.2 Å². The van der Waals surface area contributed by atoms with E-state index in [-0.39, 0.29) is 24.1 Å². The minimum absolute atomic E-state index is 0.0998. The summed E-state index contributed by atoms with van der Waals surface area (Å²) >= 11 is 3.58. The molecule has 0 amide bonds. The number of benzene rings is 1. The summed E-state index contributed by atoms with van der Waals surface area (Å²) in [6.45, 7) is 2.66. The van der Waals surface area contributed by atoms with Crippen LogP contribution in [-0.2, 0) is 10.7 Å². The quantitative estimate of drug-likeness (QED) is 0.684. The highest BCUT2D eigenvalue weighted by Gasteiger charge is 2.46. The normalized spacial score (nSPS) is 26.6. The predicted octanol–water partition coefficient (Wildman–Crippen LogP) is 5.49. The van der Waals surface area contributed by atoms with Crippen LogP contribution in [0.3, 0.4) is 0 Å². The van der Waals surface area contributed by atoms with Gasteiger partial charge in [-0.25, -0.2) is 13.5 Å². The van der Waals surface area contributed by atoms with Crippen LogP contribution in [0.2, 0.25) is 0 Å². The molecule has 0 spiro atoms. The van der Waals surface area contributed by atoms with Gasteiger partial charge in [-0.3, -0.25) is 0 Å². The van der Waals surface area contributed by atoms with Crippen LogP contribution < -0.4 is 0 Å². The summed E-state index contributed by atoms with van der Waals surface area (Å²) in [6.07, 6.45) is 5.23. The third-order valence-electron chi connectivity index (χ3n) is 5.10. The summed E-state index contributed by atoms with van der Waals surface area (Å²) in [6, 6.07) is 1.63. The first-order valence-electron chi connectivity index (χ1n) is 8.22. The van der Waals surface area contributed by atoms with E-state index in [1.165, 1.54) is 0 Å². The highest BCUT2D eigenvalue weighted by molar-refractivity contribution is 9.10. The Hall–Kier alpha value is -1.01. The molecule has 23 heavy (non-hydrogen) atoms. The number of hydrogen-bond donors (Lipinski definition) is 0. The molecule has 124 valence electrons. The average molecular weight is 385 g/mol. The minimum Gasteiger partial charge on any atom is -0.356 e. The van der Waals surface area contributed by atoms with E-state index in [1.54, 1.807) is 16.9 Å². The second-order valence-corrected chi connectivity index (χ2v) is 7.30. The monoisotopic (exact) mass is 384 g/mol. The van der Waals surface area contributed by atoms with Gasteiger partial charge >= 0.3 is 0 Å². The highest BCUT2D eigenvalue weighted by atomic mass is 79.9. The van der Waals surface area contributed by atoms with Crippen LogP contribution in [0.1, 0.15) is 62.3 Å². The Kier molecular flexibility index (Phi) is 3.72. The van der Waals surface area contributed by atoms with Crippen molar-refractivity contribution in [3.63, 3.8) is 0 Å². The maximum atomic E-state index is 14.5. The fourth-order valence-electron chi connectivity index (χ4n) is 3.88. The molecule has 3 nitrogen and oxygen atoms in total. The van der Waals surface area contributed by atoms with E-state index < -0.39 is 5.92 Å². The third-order valence-corrected chi connectivity index (χ3v) is 5.96. The van der Waals surface area contributed by atoms with E-state index in [9.17, 15) is 8.78 Å². The molecule has 0 radical (unpaired) electrons. The maximum absolute atomic E-state index is 14.5. The molecule has 1 aliphatic carbocycles. The van der Waals surface area contributed by atoms with Crippen LogP contribution in [0, 0.1) is 0 Å². The topological polar surface area (TPSA) is 27.1 Å². The molecule has 2 heterocycles. The van der Waals surface area contributed by atoms with Crippen molar-refractivity contribution in [3.8, 4) is 0 Å². The molecule has 2 aromatic rings. The molecule has 1 aromatic heterocycles. The van der Waals surface area contributed by atoms with Crippen molar-refractivity contribution in [2.75, 3.05) is 6.61 Å². The molecule has 2 atom stereocenters. The van der Waals surface area contributed by atoms with Crippen LogP contribution in [-0.4, -0.2) is 16.4 Å². The van der Waals surface area contributed by atoms with Crippen molar-refractivity contribution < 1.29 is 13.5 Å². The van der Waals surface area contributed by atoms with Gasteiger partial charge in [-0.2, -0.15) is 5.10 Å². The molecule has 2 unspecified atom stereocenters. The Morgan fingerprint density at radius 1 is 1.43 bits per heavy atom. The Balaban J connectivity index is 1.90. The lowest BCUT2D eigenvalue weighted by atomic mass is 9.97. The zero-order chi connectivity index (χ0) is 16.2. The van der Waals surface area contributed by atoms with Crippen molar-refractivity contribution in [1.82, 2.24) is 9.78 Å². The van der Waals surface area contributed by atoms with Crippen LogP contribution in [0.4, 0.5) is 8.78 Å². The molecule has 6 heteroatoms. The number of nitrogens with zero attached hydrogens (tertiary/aromatic N) is 2. The SMILES string of the molecule is CCC1CC(F)(F)c2cc3c(cnn3C3CCCCO3)c(Br)c21. The predicted molar refractivity (Wildman–Crippen MR) is 87.8 cm³/mol. The molecular formula is C17H19BrF2N2O. The first-order chi connectivity index (χ1) is 11.0. The van der Waals surface area contributed by atoms with E-state index in [4.69, 9.17) is 4.74 Å². The fraction of sp³-hybridized carbons (Fsp3) is 0.588. The second-order valence-electron chi connectivity index (χ2n) is 6.51. The Morgan fingerprint density at radius 2 is 2.26 bits per heavy atom. The molecule has 2 aliphatic rings. The van der Waals surface area contributed by atoms with E-state index in [0.29, 0.717) is 13.0 Å². The Morgan fingerprint density at radius 3 is 2.96 bits per heavy atom. The molecule has 0 saturated carbocycles. The van der Waals surface area contributed by atoms with Gasteiger partial charge < -0.3 is 4.74 Å². The summed E-state index contributed by atoms with van der Waals surface area (Å²) < 4.78 is 37.3. The van der Waals surface area contributed by atoms with Crippen LogP contribution in [0.5, 0.6) is 0 Å². The van der Waals surface area contributed by atoms with Gasteiger partial charge in [0.15, 0.2) is 6.23 Å². The van der Waals surface area contributed by atoms with Crippen LogP contribution in [0.25, 0.3) is 10.9 Å². The minimum atomic E-state index is -2.77. The number of halogens is 3. The second kappa shape index (κ2) is 5.52. The molecule has 0 bridgehead atoms. The third kappa shape index (κ3) is 2.33. The van der Waals surface area contributed by atoms with E-state index in [1.807, 2.05) is 6.92 Å². The molecule has 1 aliphatic heterocycles. The lowest BCUT2D eigenvalue weighted by Crippen LogP contribution is -2.19. The fourth-order valence-corrected chi connectivity index (χ4v) is 4.72. The van der Waals surface area contributed by atoms with Crippen molar-refractivity contribution in [2.45, 2.75) is 57.1 Å². The lowest BCUT2D eigenvalue weighted by molar-refractivity contribution is -0.0368. The Labute approximate surface area is 142 Å². The smallest absolute Gasteiger partial charge is 0.274 e. The zero-order valence-electron chi connectivity index (χ0n) is 13.0. The van der Waals surface area contributed by atoms with E-state index >= 15 is 0 Å². The molecule has 0 N–H and O–H groups in total. The van der Waals surface area contributed by atoms with Crippen molar-refractivity contribution in [1.29, 1.82) is 0 Å². The van der Waals surface area contributed by atoms with Crippen molar-refractivity contribution in [2.24, 2.45) is 0 Å². The maximum Gasteiger partial charge on any atom is 0.274 e. The largest absolute Gasteiger partial charge is 0.356 e. The molecule has 1 aromatic carbocycles. The van der Waals surface area contributed by atoms with Crippen LogP contribution in [0.15, 0.2) is 16.7 Å². The summed E-state index contributed by atoms with van der Waals surface area (Å²) in [7, 11) is 0. The molecule has 1 saturated heterocycles. The van der Waals surface area contributed by atoms with Gasteiger partial charge in [0.2, 0.25) is 0 Å². The van der Waals surface area contributed by atoms with Gasteiger partial charge in [0.1, 0.15) is 0 Å². The zero-order valence-corrected chi connectivity index (χ0v) is 14.6. The van der Waals surface area contributed by atoms with Gasteiger partial charge in [-0.05, 0) is 59.2 Å². The number of rotatable bonds is 2. The number of fused-ring (bicyclic) bond motifs is 2. The summed E-state index contributed by atoms with van der Waals surface area (Å²) in [5.41, 5.74) is 1.65. The van der Waals surface area contributed by atoms with E-state index in [2.05, 4.69) is 21.0 Å². The van der Waals surface area contributed by atoms with Gasteiger partial charge in [-0.15, -0.1) is 0 Å². The van der Waals surface area contributed by atoms with Gasteiger partial charge in [0.05, 0.1) is 11.7 Å². The van der Waals surface area contributed by atoms with Gasteiger partial charge in [0.25, 0.3) is 5.92 Å². The highest BCUT2D eigenvalue weighted by Crippen LogP contribution is 2.53. The standard InChI is InChI=1S/C17H19BrF2N2O/c1-2-10-8-17(19,20)12-7-13-11(16(18)15(10)12)9-21-22(13)14-5-3-4-6-23-14/h7,9-10,14H,2-6,8H2,1H3. The van der Waals surface area contributed by atoms with Crippen molar-refractivity contribution >= 4 is 26.8 Å². The molecule has 4 rings (SSSR count). The Bertz CT molecular complexity index is 753. The molecular weight excluding hydrogens is 366 g/mol. The first-order valence-corrected chi connectivity index (χ1v) is 9.01. The van der Waals surface area contributed by atoms with Crippen LogP contribution >= 0.6 is 15.9 Å². The molecule has 1 fully saturated rings. The van der Waals surface area contributed by atoms with Gasteiger partial charge in [-0.1, -0.05) is 6.92 Å². The first kappa shape index (κ1) is 15.5. The number of alkyl halides is 2. The average Bonchev–Trinajstić information content (AvgIpc) is 3.08. The summed E-state index contributed by atoms with van der Waals surface area (Å²) in [5.74, 6) is -2.87. The number of ether oxygens (including phenoxy) is 1. The van der Waals surface area contributed by atoms with Crippen molar-refractivity contribution in [3.05, 3.63) is 27.9 Å². The summed E-state index contributed by atoms with van der Waals surface area (Å²) in [4.78, 5) is 0. The number of aromatic nitrogens is 2. The summed E-state index contributed by atoms with van der Waals surface area (Å²) in [5, 5.41) is 5.33.